The molecule has 1 fully saturated rings. The van der Waals surface area contributed by atoms with Gasteiger partial charge in [0.1, 0.15) is 16.3 Å². The molecule has 19 heavy (non-hydrogen) atoms. The van der Waals surface area contributed by atoms with Gasteiger partial charge in [0.2, 0.25) is 0 Å². The lowest BCUT2D eigenvalue weighted by atomic mass is 10.2. The van der Waals surface area contributed by atoms with E-state index in [4.69, 9.17) is 12.2 Å². The molecule has 1 heterocycles. The zero-order valence-corrected chi connectivity index (χ0v) is 13.7. The highest BCUT2D eigenvalue weighted by Gasteiger charge is 2.27. The second-order valence-corrected chi connectivity index (χ2v) is 6.65. The van der Waals surface area contributed by atoms with Gasteiger partial charge < -0.3 is 4.98 Å². The first-order valence-corrected chi connectivity index (χ1v) is 7.80. The summed E-state index contributed by atoms with van der Waals surface area (Å²) in [5.41, 5.74) is 1.75. The number of aromatic amines is 1. The minimum atomic E-state index is -0.304. The Labute approximate surface area is 131 Å². The van der Waals surface area contributed by atoms with E-state index in [0.29, 0.717) is 26.4 Å². The molecule has 0 unspecified atom stereocenters. The summed E-state index contributed by atoms with van der Waals surface area (Å²) in [6.07, 6.45) is 2.31. The normalized spacial score (nSPS) is 14.7. The van der Waals surface area contributed by atoms with Crippen LogP contribution < -0.4 is 0 Å². The Morgan fingerprint density at radius 1 is 1.26 bits per heavy atom. The molecule has 0 aliphatic heterocycles. The molecule has 0 saturated heterocycles. The second kappa shape index (κ2) is 5.07. The summed E-state index contributed by atoms with van der Waals surface area (Å²) in [7, 11) is 0. The van der Waals surface area contributed by atoms with Gasteiger partial charge >= 0.3 is 0 Å². The fraction of sp³-hybridized carbons (Fsp3) is 0.231. The number of hydrogen-bond acceptors (Lipinski definition) is 2. The molecule has 1 aliphatic rings. The summed E-state index contributed by atoms with van der Waals surface area (Å²) in [6, 6.07) is 4.68. The van der Waals surface area contributed by atoms with Crippen molar-refractivity contribution >= 4 is 44.1 Å². The Balaban J connectivity index is 2.17. The van der Waals surface area contributed by atoms with Gasteiger partial charge in [0.25, 0.3) is 0 Å². The van der Waals surface area contributed by atoms with Crippen molar-refractivity contribution < 1.29 is 4.39 Å². The number of halogens is 3. The largest absolute Gasteiger partial charge is 0.342 e. The second-order valence-electron chi connectivity index (χ2n) is 4.55. The van der Waals surface area contributed by atoms with Crippen LogP contribution in [-0.4, -0.2) is 9.97 Å². The zero-order chi connectivity index (χ0) is 13.6. The molecule has 6 heteroatoms. The van der Waals surface area contributed by atoms with Crippen LogP contribution in [0, 0.1) is 10.5 Å². The molecule has 0 radical (unpaired) electrons. The Morgan fingerprint density at radius 2 is 2.00 bits per heavy atom. The third kappa shape index (κ3) is 2.80. The van der Waals surface area contributed by atoms with Crippen molar-refractivity contribution in [2.75, 3.05) is 0 Å². The molecule has 3 rings (SSSR count). The highest BCUT2D eigenvalue weighted by Crippen LogP contribution is 2.42. The third-order valence-electron chi connectivity index (χ3n) is 3.01. The standard InChI is InChI=1S/C13H9Br2FN2S/c14-8-3-7(4-9(16)5-8)12-17-11(6-1-2-6)10(15)13(19)18-12/h3-6H,1-2H2,(H,17,18,19). The van der Waals surface area contributed by atoms with Gasteiger partial charge in [-0.25, -0.2) is 9.37 Å². The van der Waals surface area contributed by atoms with Crippen LogP contribution in [0.2, 0.25) is 0 Å². The maximum atomic E-state index is 13.5. The molecule has 1 aromatic heterocycles. The molecular weight excluding hydrogens is 395 g/mol. The first-order valence-electron chi connectivity index (χ1n) is 5.81. The molecule has 0 bridgehead atoms. The number of aromatic nitrogens is 2. The predicted molar refractivity (Wildman–Crippen MR) is 82.2 cm³/mol. The van der Waals surface area contributed by atoms with E-state index in [0.717, 1.165) is 23.0 Å². The highest BCUT2D eigenvalue weighted by molar-refractivity contribution is 9.10. The third-order valence-corrected chi connectivity index (χ3v) is 4.83. The van der Waals surface area contributed by atoms with Crippen LogP contribution >= 0.6 is 44.1 Å². The molecule has 98 valence electrons. The van der Waals surface area contributed by atoms with Crippen LogP contribution in [0.25, 0.3) is 11.4 Å². The summed E-state index contributed by atoms with van der Waals surface area (Å²) in [4.78, 5) is 7.59. The Hall–Kier alpha value is -0.590. The molecule has 2 aromatic rings. The molecule has 2 nitrogen and oxygen atoms in total. The van der Waals surface area contributed by atoms with Gasteiger partial charge in [-0.15, -0.1) is 0 Å². The lowest BCUT2D eigenvalue weighted by Crippen LogP contribution is -1.97. The van der Waals surface area contributed by atoms with E-state index in [-0.39, 0.29) is 5.82 Å². The van der Waals surface area contributed by atoms with Crippen molar-refractivity contribution in [3.8, 4) is 11.4 Å². The molecule has 1 aliphatic carbocycles. The molecule has 0 amide bonds. The molecule has 1 aromatic carbocycles. The van der Waals surface area contributed by atoms with Gasteiger partial charge in [-0.1, -0.05) is 28.1 Å². The topological polar surface area (TPSA) is 28.7 Å². The summed E-state index contributed by atoms with van der Waals surface area (Å²) in [5.74, 6) is 0.812. The smallest absolute Gasteiger partial charge is 0.144 e. The summed E-state index contributed by atoms with van der Waals surface area (Å²) < 4.78 is 15.5. The lowest BCUT2D eigenvalue weighted by Gasteiger charge is -2.08. The number of hydrogen-bond donors (Lipinski definition) is 1. The van der Waals surface area contributed by atoms with Gasteiger partial charge in [-0.2, -0.15) is 0 Å². The van der Waals surface area contributed by atoms with Crippen molar-refractivity contribution in [3.05, 3.63) is 43.3 Å². The summed E-state index contributed by atoms with van der Waals surface area (Å²) in [5, 5.41) is 0. The average Bonchev–Trinajstić information content (AvgIpc) is 3.15. The van der Waals surface area contributed by atoms with E-state index in [2.05, 4.69) is 41.8 Å². The van der Waals surface area contributed by atoms with Gasteiger partial charge in [0, 0.05) is 21.6 Å². The first kappa shape index (κ1) is 13.4. The minimum Gasteiger partial charge on any atom is -0.342 e. The Morgan fingerprint density at radius 3 is 2.63 bits per heavy atom. The van der Waals surface area contributed by atoms with Crippen LogP contribution in [0.5, 0.6) is 0 Å². The van der Waals surface area contributed by atoms with E-state index in [1.165, 1.54) is 12.1 Å². The fourth-order valence-electron chi connectivity index (χ4n) is 1.96. The van der Waals surface area contributed by atoms with Crippen LogP contribution in [0.15, 0.2) is 27.1 Å². The van der Waals surface area contributed by atoms with Crippen molar-refractivity contribution in [3.63, 3.8) is 0 Å². The molecule has 0 atom stereocenters. The van der Waals surface area contributed by atoms with E-state index in [9.17, 15) is 4.39 Å². The highest BCUT2D eigenvalue weighted by atomic mass is 79.9. The van der Waals surface area contributed by atoms with Gasteiger partial charge in [0.15, 0.2) is 0 Å². The quantitative estimate of drug-likeness (QED) is 0.684. The van der Waals surface area contributed by atoms with Crippen molar-refractivity contribution in [2.24, 2.45) is 0 Å². The zero-order valence-electron chi connectivity index (χ0n) is 9.71. The summed E-state index contributed by atoms with van der Waals surface area (Å²) >= 11 is 12.0. The van der Waals surface area contributed by atoms with Gasteiger partial charge in [0.05, 0.1) is 4.47 Å². The van der Waals surface area contributed by atoms with Gasteiger partial charge in [-0.3, -0.25) is 0 Å². The van der Waals surface area contributed by atoms with E-state index < -0.39 is 0 Å². The number of rotatable bonds is 2. The molecule has 1 N–H and O–H groups in total. The molecular formula is C13H9Br2FN2S. The number of benzene rings is 1. The Bertz CT molecular complexity index is 690. The predicted octanol–water partition coefficient (Wildman–Crippen LogP) is 5.35. The van der Waals surface area contributed by atoms with Crippen LogP contribution in [0.3, 0.4) is 0 Å². The van der Waals surface area contributed by atoms with Crippen molar-refractivity contribution in [1.29, 1.82) is 0 Å². The summed E-state index contributed by atoms with van der Waals surface area (Å²) in [6.45, 7) is 0. The SMILES string of the molecule is Fc1cc(Br)cc(-c2nc(=S)c(Br)c(C3CC3)[nH]2)c1. The minimum absolute atomic E-state index is 0.304. The Kier molecular flexibility index (Phi) is 3.57. The molecule has 1 saturated carbocycles. The van der Waals surface area contributed by atoms with E-state index >= 15 is 0 Å². The van der Waals surface area contributed by atoms with Crippen LogP contribution in [0.1, 0.15) is 24.5 Å². The van der Waals surface area contributed by atoms with Gasteiger partial charge in [-0.05, 0) is 47.0 Å². The number of nitrogens with one attached hydrogen (secondary N) is 1. The lowest BCUT2D eigenvalue weighted by molar-refractivity contribution is 0.627. The van der Waals surface area contributed by atoms with E-state index in [1.807, 2.05) is 6.07 Å². The van der Waals surface area contributed by atoms with Crippen LogP contribution in [0.4, 0.5) is 4.39 Å². The first-order chi connectivity index (χ1) is 9.04. The average molecular weight is 404 g/mol. The maximum absolute atomic E-state index is 13.5. The number of nitrogens with zero attached hydrogens (tertiary/aromatic N) is 1. The molecule has 0 spiro atoms. The van der Waals surface area contributed by atoms with Crippen molar-refractivity contribution in [2.45, 2.75) is 18.8 Å². The number of H-pyrrole nitrogens is 1. The van der Waals surface area contributed by atoms with Crippen LogP contribution in [-0.2, 0) is 0 Å². The fourth-order valence-corrected chi connectivity index (χ4v) is 3.13. The van der Waals surface area contributed by atoms with E-state index in [1.54, 1.807) is 0 Å². The monoisotopic (exact) mass is 402 g/mol. The maximum Gasteiger partial charge on any atom is 0.144 e. The van der Waals surface area contributed by atoms with Crippen molar-refractivity contribution in [1.82, 2.24) is 9.97 Å².